The van der Waals surface area contributed by atoms with E-state index in [1.165, 1.54) is 36.8 Å². The lowest BCUT2D eigenvalue weighted by molar-refractivity contribution is -0.211. The van der Waals surface area contributed by atoms with Gasteiger partial charge < -0.3 is 18.9 Å². The van der Waals surface area contributed by atoms with Crippen molar-refractivity contribution >= 4 is 5.97 Å². The Morgan fingerprint density at radius 1 is 0.810 bits per heavy atom. The average molecular weight is 582 g/mol. The third-order valence-electron chi connectivity index (χ3n) is 8.30. The van der Waals surface area contributed by atoms with Gasteiger partial charge in [-0.25, -0.2) is 0 Å². The Morgan fingerprint density at radius 3 is 2.10 bits per heavy atom. The highest BCUT2D eigenvalue weighted by Crippen LogP contribution is 2.41. The summed E-state index contributed by atoms with van der Waals surface area (Å²) in [6.07, 6.45) is 12.1. The van der Waals surface area contributed by atoms with Crippen LogP contribution in [0.4, 0.5) is 0 Å². The highest BCUT2D eigenvalue weighted by Gasteiger charge is 2.52. The molecule has 0 bridgehead atoms. The van der Waals surface area contributed by atoms with E-state index in [1.807, 2.05) is 19.1 Å². The van der Waals surface area contributed by atoms with Crippen LogP contribution in [0.5, 0.6) is 0 Å². The average Bonchev–Trinajstić information content (AvgIpc) is 3.38. The topological polar surface area (TPSA) is 57.2 Å². The van der Waals surface area contributed by atoms with Crippen LogP contribution in [0, 0.1) is 0 Å². The van der Waals surface area contributed by atoms with Gasteiger partial charge in [0.15, 0.2) is 0 Å². The molecule has 0 heterocycles. The number of hydrogen-bond donors (Lipinski definition) is 0. The molecule has 0 saturated heterocycles. The molecular formula is C36H55NO5. The fraction of sp³-hybridized carbons (Fsp3) is 0.639. The second-order valence-corrected chi connectivity index (χ2v) is 11.6. The van der Waals surface area contributed by atoms with Crippen molar-refractivity contribution < 1.29 is 23.7 Å². The number of carbonyl (C=O) groups is 1. The number of ether oxygens (including phenoxy) is 4. The summed E-state index contributed by atoms with van der Waals surface area (Å²) in [4.78, 5) is 14.1. The summed E-state index contributed by atoms with van der Waals surface area (Å²) in [5.74, 6) is -0.0909. The summed E-state index contributed by atoms with van der Waals surface area (Å²) in [6.45, 7) is 7.34. The van der Waals surface area contributed by atoms with E-state index in [4.69, 9.17) is 18.9 Å². The highest BCUT2D eigenvalue weighted by molar-refractivity contribution is 5.69. The zero-order chi connectivity index (χ0) is 29.9. The van der Waals surface area contributed by atoms with Gasteiger partial charge in [-0.05, 0) is 44.4 Å². The molecule has 0 amide bonds. The maximum atomic E-state index is 11.7. The maximum Gasteiger partial charge on any atom is 0.305 e. The highest BCUT2D eigenvalue weighted by atomic mass is 16.6. The molecule has 6 nitrogen and oxygen atoms in total. The number of rotatable bonds is 22. The van der Waals surface area contributed by atoms with E-state index in [0.29, 0.717) is 26.2 Å². The van der Waals surface area contributed by atoms with Gasteiger partial charge in [-0.3, -0.25) is 9.69 Å². The molecule has 0 unspecified atom stereocenters. The summed E-state index contributed by atoms with van der Waals surface area (Å²) in [5, 5.41) is 0. The number of nitrogens with zero attached hydrogens (tertiary/aromatic N) is 1. The van der Waals surface area contributed by atoms with Gasteiger partial charge in [0.1, 0.15) is 11.8 Å². The van der Waals surface area contributed by atoms with Gasteiger partial charge in [0, 0.05) is 32.4 Å². The number of hydrogen-bond acceptors (Lipinski definition) is 6. The monoisotopic (exact) mass is 581 g/mol. The molecule has 1 aliphatic carbocycles. The molecule has 0 aromatic heterocycles. The standard InChI is InChI=1S/C36H55NO5/c1-4-6-7-10-19-26-42-36(37(3)25-18-9-8-17-24-35(38)39-5-2)28-33(40-29-31-20-13-11-14-21-31)27-34(36)41-30-32-22-15-12-16-23-32/h11-16,20-23,33-34H,4-10,17-19,24-30H2,1-3H3/t33-,34+,36-/m0/s1. The van der Waals surface area contributed by atoms with Crippen LogP contribution in [0.2, 0.25) is 0 Å². The predicted octanol–water partition coefficient (Wildman–Crippen LogP) is 8.08. The van der Waals surface area contributed by atoms with Gasteiger partial charge in [-0.15, -0.1) is 0 Å². The third kappa shape index (κ3) is 11.8. The molecule has 1 saturated carbocycles. The Balaban J connectivity index is 1.67. The van der Waals surface area contributed by atoms with Crippen LogP contribution in [0.1, 0.15) is 102 Å². The fourth-order valence-electron chi connectivity index (χ4n) is 5.86. The number of carbonyl (C=O) groups excluding carboxylic acids is 1. The number of likely N-dealkylation sites (N-methyl/N-ethyl adjacent to an activating group) is 1. The first-order valence-electron chi connectivity index (χ1n) is 16.4. The second kappa shape index (κ2) is 19.8. The van der Waals surface area contributed by atoms with E-state index < -0.39 is 5.72 Å². The predicted molar refractivity (Wildman–Crippen MR) is 169 cm³/mol. The van der Waals surface area contributed by atoms with E-state index >= 15 is 0 Å². The molecule has 234 valence electrons. The van der Waals surface area contributed by atoms with Gasteiger partial charge in [0.25, 0.3) is 0 Å². The van der Waals surface area contributed by atoms with E-state index in [0.717, 1.165) is 58.1 Å². The molecule has 2 aromatic carbocycles. The van der Waals surface area contributed by atoms with Crippen molar-refractivity contribution in [2.24, 2.45) is 0 Å². The molecule has 42 heavy (non-hydrogen) atoms. The summed E-state index contributed by atoms with van der Waals surface area (Å²) < 4.78 is 25.2. The van der Waals surface area contributed by atoms with E-state index in [-0.39, 0.29) is 18.2 Å². The van der Waals surface area contributed by atoms with Crippen LogP contribution in [0.25, 0.3) is 0 Å². The summed E-state index contributed by atoms with van der Waals surface area (Å²) in [6, 6.07) is 20.8. The van der Waals surface area contributed by atoms with Crippen molar-refractivity contribution in [2.75, 3.05) is 26.8 Å². The summed E-state index contributed by atoms with van der Waals surface area (Å²) >= 11 is 0. The van der Waals surface area contributed by atoms with Crippen molar-refractivity contribution in [2.45, 2.75) is 122 Å². The Hall–Kier alpha value is -2.25. The molecule has 6 heteroatoms. The fourth-order valence-corrected chi connectivity index (χ4v) is 5.86. The number of esters is 1. The molecule has 0 N–H and O–H groups in total. The quantitative estimate of drug-likeness (QED) is 0.0796. The van der Waals surface area contributed by atoms with Gasteiger partial charge in [0.05, 0.1) is 25.9 Å². The molecule has 3 rings (SSSR count). The van der Waals surface area contributed by atoms with Gasteiger partial charge in [-0.1, -0.05) is 106 Å². The van der Waals surface area contributed by atoms with Crippen LogP contribution in [0.3, 0.4) is 0 Å². The molecule has 0 radical (unpaired) electrons. The second-order valence-electron chi connectivity index (χ2n) is 11.6. The van der Waals surface area contributed by atoms with Crippen molar-refractivity contribution in [1.29, 1.82) is 0 Å². The lowest BCUT2D eigenvalue weighted by atomic mass is 10.1. The molecule has 0 spiro atoms. The minimum absolute atomic E-state index is 0.0538. The lowest BCUT2D eigenvalue weighted by Gasteiger charge is -2.43. The van der Waals surface area contributed by atoms with Gasteiger partial charge in [0.2, 0.25) is 0 Å². The van der Waals surface area contributed by atoms with Crippen LogP contribution in [-0.4, -0.2) is 55.6 Å². The van der Waals surface area contributed by atoms with E-state index in [9.17, 15) is 4.79 Å². The third-order valence-corrected chi connectivity index (χ3v) is 8.30. The number of unbranched alkanes of at least 4 members (excludes halogenated alkanes) is 7. The molecule has 3 atom stereocenters. The Morgan fingerprint density at radius 2 is 1.43 bits per heavy atom. The van der Waals surface area contributed by atoms with E-state index in [1.54, 1.807) is 0 Å². The van der Waals surface area contributed by atoms with Crippen LogP contribution in [-0.2, 0) is 37.0 Å². The first kappa shape index (κ1) is 34.2. The maximum absolute atomic E-state index is 11.7. The molecule has 1 fully saturated rings. The smallest absolute Gasteiger partial charge is 0.305 e. The largest absolute Gasteiger partial charge is 0.466 e. The van der Waals surface area contributed by atoms with Gasteiger partial charge >= 0.3 is 5.97 Å². The number of benzene rings is 2. The van der Waals surface area contributed by atoms with Crippen LogP contribution < -0.4 is 0 Å². The molecule has 0 aliphatic heterocycles. The van der Waals surface area contributed by atoms with Crippen molar-refractivity contribution in [1.82, 2.24) is 4.90 Å². The van der Waals surface area contributed by atoms with Crippen molar-refractivity contribution in [3.8, 4) is 0 Å². The van der Waals surface area contributed by atoms with Crippen molar-refractivity contribution in [3.63, 3.8) is 0 Å². The molecular weight excluding hydrogens is 526 g/mol. The Labute approximate surface area is 255 Å². The van der Waals surface area contributed by atoms with Crippen molar-refractivity contribution in [3.05, 3.63) is 71.8 Å². The SMILES string of the molecule is CCCCCCCO[C@@]1(N(C)CCCCCCC(=O)OCC)C[C@@H](OCc2ccccc2)C[C@H]1OCc1ccccc1. The normalized spacial score (nSPS) is 20.3. The minimum atomic E-state index is -0.536. The van der Waals surface area contributed by atoms with Crippen LogP contribution in [0.15, 0.2) is 60.7 Å². The Bertz CT molecular complexity index is 971. The zero-order valence-electron chi connectivity index (χ0n) is 26.4. The minimum Gasteiger partial charge on any atom is -0.466 e. The summed E-state index contributed by atoms with van der Waals surface area (Å²) in [5.41, 5.74) is 1.82. The van der Waals surface area contributed by atoms with Gasteiger partial charge in [-0.2, -0.15) is 0 Å². The van der Waals surface area contributed by atoms with E-state index in [2.05, 4.69) is 67.4 Å². The summed E-state index contributed by atoms with van der Waals surface area (Å²) in [7, 11) is 2.19. The zero-order valence-corrected chi connectivity index (χ0v) is 26.4. The van der Waals surface area contributed by atoms with Crippen LogP contribution >= 0.6 is 0 Å². The lowest BCUT2D eigenvalue weighted by Crippen LogP contribution is -2.55. The molecule has 2 aromatic rings. The molecule has 1 aliphatic rings. The first-order valence-corrected chi connectivity index (χ1v) is 16.4. The first-order chi connectivity index (χ1) is 20.6. The Kier molecular flexibility index (Phi) is 16.2.